The number of carbonyl (C=O) groups excluding carboxylic acids is 1. The van der Waals surface area contributed by atoms with Gasteiger partial charge in [-0.1, -0.05) is 12.1 Å². The minimum atomic E-state index is -0.274. The van der Waals surface area contributed by atoms with E-state index >= 15 is 0 Å². The van der Waals surface area contributed by atoms with Gasteiger partial charge in [-0.2, -0.15) is 0 Å². The number of nitrogens with zero attached hydrogens (tertiary/aromatic N) is 2. The van der Waals surface area contributed by atoms with Crippen LogP contribution in [0.5, 0.6) is 0 Å². The van der Waals surface area contributed by atoms with Gasteiger partial charge in [-0.15, -0.1) is 0 Å². The number of ether oxygens (including phenoxy) is 1. The van der Waals surface area contributed by atoms with Crippen molar-refractivity contribution in [3.63, 3.8) is 0 Å². The van der Waals surface area contributed by atoms with Gasteiger partial charge in [-0.3, -0.25) is 4.90 Å². The second kappa shape index (κ2) is 9.47. The Kier molecular flexibility index (Phi) is 7.29. The molecule has 1 aromatic carbocycles. The Bertz CT molecular complexity index is 492. The molecule has 2 amide bonds. The zero-order valence-electron chi connectivity index (χ0n) is 13.8. The molecule has 0 aliphatic carbocycles. The van der Waals surface area contributed by atoms with Gasteiger partial charge >= 0.3 is 6.03 Å². The predicted molar refractivity (Wildman–Crippen MR) is 87.8 cm³/mol. The molecular weight excluding hydrogens is 297 g/mol. The topological polar surface area (TPSA) is 44.8 Å². The molecule has 1 aliphatic heterocycles. The van der Waals surface area contributed by atoms with Crippen LogP contribution >= 0.6 is 0 Å². The standard InChI is InChI=1S/C17H26FN3O2/c1-2-21(14-15-5-3-6-16(18)13-15)17(22)19-7-4-8-20-9-11-23-12-10-20/h3,5-6,13H,2,4,7-12,14H2,1H3,(H,19,22). The largest absolute Gasteiger partial charge is 0.379 e. The summed E-state index contributed by atoms with van der Waals surface area (Å²) in [7, 11) is 0. The smallest absolute Gasteiger partial charge is 0.317 e. The van der Waals surface area contributed by atoms with Gasteiger partial charge in [-0.25, -0.2) is 9.18 Å². The van der Waals surface area contributed by atoms with Crippen LogP contribution in [0.1, 0.15) is 18.9 Å². The summed E-state index contributed by atoms with van der Waals surface area (Å²) in [5, 5.41) is 2.94. The summed E-state index contributed by atoms with van der Waals surface area (Å²) in [6, 6.07) is 6.27. The van der Waals surface area contributed by atoms with Gasteiger partial charge in [-0.05, 0) is 37.6 Å². The Morgan fingerprint density at radius 1 is 1.39 bits per heavy atom. The molecular formula is C17H26FN3O2. The third-order valence-electron chi connectivity index (χ3n) is 3.96. The number of hydrogen-bond acceptors (Lipinski definition) is 3. The summed E-state index contributed by atoms with van der Waals surface area (Å²) >= 11 is 0. The van der Waals surface area contributed by atoms with Gasteiger partial charge < -0.3 is 15.0 Å². The molecule has 128 valence electrons. The summed E-state index contributed by atoms with van der Waals surface area (Å²) in [5.74, 6) is -0.274. The highest BCUT2D eigenvalue weighted by atomic mass is 19.1. The fourth-order valence-corrected chi connectivity index (χ4v) is 2.62. The van der Waals surface area contributed by atoms with Crippen molar-refractivity contribution in [2.75, 3.05) is 45.9 Å². The third-order valence-corrected chi connectivity index (χ3v) is 3.96. The highest BCUT2D eigenvalue weighted by molar-refractivity contribution is 5.74. The fraction of sp³-hybridized carbons (Fsp3) is 0.588. The molecule has 1 aliphatic rings. The van der Waals surface area contributed by atoms with Crippen LogP contribution < -0.4 is 5.32 Å². The van der Waals surface area contributed by atoms with Crippen molar-refractivity contribution in [3.8, 4) is 0 Å². The van der Waals surface area contributed by atoms with E-state index in [9.17, 15) is 9.18 Å². The lowest BCUT2D eigenvalue weighted by molar-refractivity contribution is 0.0375. The van der Waals surface area contributed by atoms with Crippen molar-refractivity contribution in [2.45, 2.75) is 19.9 Å². The Labute approximate surface area is 137 Å². The van der Waals surface area contributed by atoms with Crippen LogP contribution in [0.4, 0.5) is 9.18 Å². The van der Waals surface area contributed by atoms with Crippen molar-refractivity contribution in [1.82, 2.24) is 15.1 Å². The molecule has 1 saturated heterocycles. The lowest BCUT2D eigenvalue weighted by atomic mass is 10.2. The van der Waals surface area contributed by atoms with Crippen LogP contribution in [0.3, 0.4) is 0 Å². The minimum absolute atomic E-state index is 0.0984. The number of morpholine rings is 1. The molecule has 23 heavy (non-hydrogen) atoms. The first-order valence-corrected chi connectivity index (χ1v) is 8.26. The molecule has 6 heteroatoms. The SMILES string of the molecule is CCN(Cc1cccc(F)c1)C(=O)NCCCN1CCOCC1. The summed E-state index contributed by atoms with van der Waals surface area (Å²) < 4.78 is 18.5. The Hall–Kier alpha value is -1.66. The van der Waals surface area contributed by atoms with Gasteiger partial charge in [0, 0.05) is 32.7 Å². The second-order valence-corrected chi connectivity index (χ2v) is 5.68. The first-order valence-electron chi connectivity index (χ1n) is 8.26. The Morgan fingerprint density at radius 3 is 2.87 bits per heavy atom. The zero-order valence-corrected chi connectivity index (χ0v) is 13.8. The first-order chi connectivity index (χ1) is 11.2. The van der Waals surface area contributed by atoms with Gasteiger partial charge in [0.05, 0.1) is 13.2 Å². The van der Waals surface area contributed by atoms with Crippen LogP contribution in [0.2, 0.25) is 0 Å². The van der Waals surface area contributed by atoms with E-state index in [2.05, 4.69) is 10.2 Å². The maximum atomic E-state index is 13.2. The number of nitrogens with one attached hydrogen (secondary N) is 1. The van der Waals surface area contributed by atoms with E-state index in [4.69, 9.17) is 4.74 Å². The van der Waals surface area contributed by atoms with Crippen LogP contribution in [0, 0.1) is 5.82 Å². The molecule has 0 spiro atoms. The maximum Gasteiger partial charge on any atom is 0.317 e. The zero-order chi connectivity index (χ0) is 16.5. The molecule has 2 rings (SSSR count). The molecule has 1 heterocycles. The van der Waals surface area contributed by atoms with E-state index in [1.54, 1.807) is 11.0 Å². The number of rotatable bonds is 7. The fourth-order valence-electron chi connectivity index (χ4n) is 2.62. The number of carbonyl (C=O) groups is 1. The quantitative estimate of drug-likeness (QED) is 0.782. The average Bonchev–Trinajstić information content (AvgIpc) is 2.57. The molecule has 0 saturated carbocycles. The van der Waals surface area contributed by atoms with Crippen LogP contribution in [-0.2, 0) is 11.3 Å². The molecule has 0 unspecified atom stereocenters. The Balaban J connectivity index is 1.69. The van der Waals surface area contributed by atoms with Gasteiger partial charge in [0.15, 0.2) is 0 Å². The molecule has 1 fully saturated rings. The van der Waals surface area contributed by atoms with E-state index in [0.29, 0.717) is 19.6 Å². The maximum absolute atomic E-state index is 13.2. The molecule has 1 aromatic rings. The molecule has 0 radical (unpaired) electrons. The molecule has 0 aromatic heterocycles. The lowest BCUT2D eigenvalue weighted by Crippen LogP contribution is -2.41. The highest BCUT2D eigenvalue weighted by Crippen LogP contribution is 2.07. The summed E-state index contributed by atoms with van der Waals surface area (Å²) in [6.07, 6.45) is 0.920. The summed E-state index contributed by atoms with van der Waals surface area (Å²) in [6.45, 7) is 8.08. The van der Waals surface area contributed by atoms with Crippen molar-refractivity contribution in [3.05, 3.63) is 35.6 Å². The van der Waals surface area contributed by atoms with E-state index in [-0.39, 0.29) is 11.8 Å². The highest BCUT2D eigenvalue weighted by Gasteiger charge is 2.13. The number of amides is 2. The van der Waals surface area contributed by atoms with Gasteiger partial charge in [0.1, 0.15) is 5.82 Å². The monoisotopic (exact) mass is 323 g/mol. The molecule has 0 bridgehead atoms. The normalized spacial score (nSPS) is 15.4. The summed E-state index contributed by atoms with van der Waals surface area (Å²) in [4.78, 5) is 16.2. The van der Waals surface area contributed by atoms with Crippen molar-refractivity contribution < 1.29 is 13.9 Å². The predicted octanol–water partition coefficient (Wildman–Crippen LogP) is 2.08. The van der Waals surface area contributed by atoms with Crippen LogP contribution in [-0.4, -0.2) is 61.8 Å². The Morgan fingerprint density at radius 2 is 2.17 bits per heavy atom. The number of hydrogen-bond donors (Lipinski definition) is 1. The second-order valence-electron chi connectivity index (χ2n) is 5.68. The van der Waals surface area contributed by atoms with Crippen molar-refractivity contribution >= 4 is 6.03 Å². The van der Waals surface area contributed by atoms with Gasteiger partial charge in [0.25, 0.3) is 0 Å². The van der Waals surface area contributed by atoms with Crippen LogP contribution in [0.25, 0.3) is 0 Å². The van der Waals surface area contributed by atoms with Gasteiger partial charge in [0.2, 0.25) is 0 Å². The van der Waals surface area contributed by atoms with Crippen molar-refractivity contribution in [1.29, 1.82) is 0 Å². The number of benzene rings is 1. The van der Waals surface area contributed by atoms with Crippen molar-refractivity contribution in [2.24, 2.45) is 0 Å². The van der Waals surface area contributed by atoms with E-state index < -0.39 is 0 Å². The first kappa shape index (κ1) is 17.7. The lowest BCUT2D eigenvalue weighted by Gasteiger charge is -2.26. The molecule has 1 N–H and O–H groups in total. The molecule has 5 nitrogen and oxygen atoms in total. The van der Waals surface area contributed by atoms with E-state index in [0.717, 1.165) is 44.8 Å². The molecule has 0 atom stereocenters. The third kappa shape index (κ3) is 6.15. The van der Waals surface area contributed by atoms with E-state index in [1.165, 1.54) is 12.1 Å². The average molecular weight is 323 g/mol. The summed E-state index contributed by atoms with van der Waals surface area (Å²) in [5.41, 5.74) is 0.801. The minimum Gasteiger partial charge on any atom is -0.379 e. The van der Waals surface area contributed by atoms with Crippen LogP contribution in [0.15, 0.2) is 24.3 Å². The van der Waals surface area contributed by atoms with E-state index in [1.807, 2.05) is 13.0 Å². The number of urea groups is 1. The number of halogens is 1.